The molecule has 0 fully saturated rings. The van der Waals surface area contributed by atoms with E-state index in [1.807, 2.05) is 30.3 Å². The van der Waals surface area contributed by atoms with Gasteiger partial charge in [0.15, 0.2) is 0 Å². The van der Waals surface area contributed by atoms with Crippen LogP contribution in [0.15, 0.2) is 42.7 Å². The number of nitrogens with zero attached hydrogens (tertiary/aromatic N) is 2. The van der Waals surface area contributed by atoms with Gasteiger partial charge in [-0.1, -0.05) is 18.2 Å². The van der Waals surface area contributed by atoms with E-state index in [-0.39, 0.29) is 0 Å². The van der Waals surface area contributed by atoms with E-state index in [0.717, 1.165) is 18.1 Å². The molecule has 0 unspecified atom stereocenters. The number of aromatic nitrogens is 2. The van der Waals surface area contributed by atoms with Crippen molar-refractivity contribution in [2.75, 3.05) is 11.9 Å². The highest BCUT2D eigenvalue weighted by molar-refractivity contribution is 5.42. The molecule has 96 valence electrons. The normalized spacial score (nSPS) is 11.5. The molecule has 2 rings (SSSR count). The van der Waals surface area contributed by atoms with Gasteiger partial charge in [-0.05, 0) is 12.1 Å². The standard InChI is InChI=1S/C12H12F3N3/c13-12(14,15)10-8-17-18(9-10)7-6-16-11-4-2-1-3-5-11/h1-5,8-9,16H,6-7H2. The highest BCUT2D eigenvalue weighted by atomic mass is 19.4. The molecule has 0 bridgehead atoms. The summed E-state index contributed by atoms with van der Waals surface area (Å²) in [6, 6.07) is 9.46. The average Bonchev–Trinajstić information content (AvgIpc) is 2.79. The minimum atomic E-state index is -4.33. The third-order valence-electron chi connectivity index (χ3n) is 2.40. The molecule has 1 N–H and O–H groups in total. The molecule has 1 aromatic heterocycles. The van der Waals surface area contributed by atoms with E-state index in [2.05, 4.69) is 10.4 Å². The van der Waals surface area contributed by atoms with Crippen LogP contribution in [0.25, 0.3) is 0 Å². The number of hydrogen-bond donors (Lipinski definition) is 1. The molecule has 0 radical (unpaired) electrons. The van der Waals surface area contributed by atoms with Crippen LogP contribution in [-0.4, -0.2) is 16.3 Å². The topological polar surface area (TPSA) is 29.9 Å². The highest BCUT2D eigenvalue weighted by Gasteiger charge is 2.31. The summed E-state index contributed by atoms with van der Waals surface area (Å²) >= 11 is 0. The number of rotatable bonds is 4. The number of alkyl halides is 3. The van der Waals surface area contributed by atoms with Crippen molar-refractivity contribution in [1.29, 1.82) is 0 Å². The predicted molar refractivity (Wildman–Crippen MR) is 62.2 cm³/mol. The molecule has 0 saturated carbocycles. The summed E-state index contributed by atoms with van der Waals surface area (Å²) in [5.41, 5.74) is 0.211. The average molecular weight is 255 g/mol. The molecule has 6 heteroatoms. The Kier molecular flexibility index (Phi) is 3.55. The van der Waals surface area contributed by atoms with Gasteiger partial charge >= 0.3 is 6.18 Å². The highest BCUT2D eigenvalue weighted by Crippen LogP contribution is 2.28. The minimum Gasteiger partial charge on any atom is -0.383 e. The first-order valence-corrected chi connectivity index (χ1v) is 5.44. The molecule has 0 spiro atoms. The first kappa shape index (κ1) is 12.5. The summed E-state index contributed by atoms with van der Waals surface area (Å²) in [5.74, 6) is 0. The summed E-state index contributed by atoms with van der Waals surface area (Å²) in [6.45, 7) is 0.897. The maximum Gasteiger partial charge on any atom is 0.419 e. The Labute approximate surface area is 102 Å². The second kappa shape index (κ2) is 5.12. The molecule has 2 aromatic rings. The number of para-hydroxylation sites is 1. The van der Waals surface area contributed by atoms with Crippen LogP contribution in [0.2, 0.25) is 0 Å². The van der Waals surface area contributed by atoms with Crippen LogP contribution in [0.1, 0.15) is 5.56 Å². The molecule has 0 saturated heterocycles. The van der Waals surface area contributed by atoms with Crippen LogP contribution >= 0.6 is 0 Å². The largest absolute Gasteiger partial charge is 0.419 e. The number of nitrogens with one attached hydrogen (secondary N) is 1. The molecule has 1 aromatic carbocycles. The second-order valence-corrected chi connectivity index (χ2v) is 3.78. The lowest BCUT2D eigenvalue weighted by atomic mass is 10.3. The molecule has 0 aliphatic heterocycles. The van der Waals surface area contributed by atoms with Crippen molar-refractivity contribution in [2.45, 2.75) is 12.7 Å². The van der Waals surface area contributed by atoms with E-state index < -0.39 is 11.7 Å². The molecule has 0 atom stereocenters. The van der Waals surface area contributed by atoms with Gasteiger partial charge in [-0.2, -0.15) is 18.3 Å². The van der Waals surface area contributed by atoms with Crippen LogP contribution in [0.4, 0.5) is 18.9 Å². The Morgan fingerprint density at radius 3 is 2.50 bits per heavy atom. The summed E-state index contributed by atoms with van der Waals surface area (Å²) in [5, 5.41) is 6.77. The van der Waals surface area contributed by atoms with Gasteiger partial charge in [-0.25, -0.2) is 0 Å². The molecular weight excluding hydrogens is 243 g/mol. The van der Waals surface area contributed by atoms with E-state index in [1.54, 1.807) is 0 Å². The fraction of sp³-hybridized carbons (Fsp3) is 0.250. The smallest absolute Gasteiger partial charge is 0.383 e. The number of halogens is 3. The Morgan fingerprint density at radius 1 is 1.17 bits per heavy atom. The summed E-state index contributed by atoms with van der Waals surface area (Å²) in [4.78, 5) is 0. The quantitative estimate of drug-likeness (QED) is 0.910. The third-order valence-corrected chi connectivity index (χ3v) is 2.40. The van der Waals surface area contributed by atoms with Crippen LogP contribution in [-0.2, 0) is 12.7 Å². The maximum absolute atomic E-state index is 12.3. The maximum atomic E-state index is 12.3. The van der Waals surface area contributed by atoms with E-state index in [1.165, 1.54) is 4.68 Å². The van der Waals surface area contributed by atoms with Crippen LogP contribution in [0.5, 0.6) is 0 Å². The SMILES string of the molecule is FC(F)(F)c1cnn(CCNc2ccccc2)c1. The Hall–Kier alpha value is -1.98. The summed E-state index contributed by atoms with van der Waals surface area (Å²) < 4.78 is 38.2. The zero-order valence-electron chi connectivity index (χ0n) is 9.48. The molecule has 0 amide bonds. The second-order valence-electron chi connectivity index (χ2n) is 3.78. The van der Waals surface area contributed by atoms with Crippen molar-refractivity contribution >= 4 is 5.69 Å². The third kappa shape index (κ3) is 3.26. The molecule has 1 heterocycles. The van der Waals surface area contributed by atoms with Crippen molar-refractivity contribution < 1.29 is 13.2 Å². The summed E-state index contributed by atoms with van der Waals surface area (Å²) in [6.07, 6.45) is -2.49. The number of anilines is 1. The van der Waals surface area contributed by atoms with Crippen molar-refractivity contribution in [3.8, 4) is 0 Å². The molecule has 3 nitrogen and oxygen atoms in total. The van der Waals surface area contributed by atoms with Crippen LogP contribution in [0.3, 0.4) is 0 Å². The lowest BCUT2D eigenvalue weighted by Gasteiger charge is -2.06. The summed E-state index contributed by atoms with van der Waals surface area (Å²) in [7, 11) is 0. The van der Waals surface area contributed by atoms with Crippen molar-refractivity contribution in [3.63, 3.8) is 0 Å². The zero-order chi connectivity index (χ0) is 13.0. The van der Waals surface area contributed by atoms with Crippen LogP contribution in [0, 0.1) is 0 Å². The van der Waals surface area contributed by atoms with Gasteiger partial charge in [-0.3, -0.25) is 4.68 Å². The predicted octanol–water partition coefficient (Wildman–Crippen LogP) is 3.01. The zero-order valence-corrected chi connectivity index (χ0v) is 9.48. The Morgan fingerprint density at radius 2 is 1.89 bits per heavy atom. The fourth-order valence-corrected chi connectivity index (χ4v) is 1.50. The Balaban J connectivity index is 1.86. The van der Waals surface area contributed by atoms with Gasteiger partial charge in [0.2, 0.25) is 0 Å². The molecule has 0 aliphatic rings. The van der Waals surface area contributed by atoms with Gasteiger partial charge in [-0.15, -0.1) is 0 Å². The monoisotopic (exact) mass is 255 g/mol. The van der Waals surface area contributed by atoms with Gasteiger partial charge < -0.3 is 5.32 Å². The first-order valence-electron chi connectivity index (χ1n) is 5.44. The first-order chi connectivity index (χ1) is 8.55. The van der Waals surface area contributed by atoms with Gasteiger partial charge in [0.25, 0.3) is 0 Å². The van der Waals surface area contributed by atoms with E-state index in [4.69, 9.17) is 0 Å². The lowest BCUT2D eigenvalue weighted by molar-refractivity contribution is -0.137. The van der Waals surface area contributed by atoms with Gasteiger partial charge in [0, 0.05) is 18.4 Å². The van der Waals surface area contributed by atoms with Gasteiger partial charge in [0.1, 0.15) is 0 Å². The minimum absolute atomic E-state index is 0.380. The van der Waals surface area contributed by atoms with Crippen molar-refractivity contribution in [1.82, 2.24) is 9.78 Å². The number of hydrogen-bond acceptors (Lipinski definition) is 2. The van der Waals surface area contributed by atoms with E-state index in [0.29, 0.717) is 13.1 Å². The molecular formula is C12H12F3N3. The van der Waals surface area contributed by atoms with E-state index >= 15 is 0 Å². The van der Waals surface area contributed by atoms with Crippen LogP contribution < -0.4 is 5.32 Å². The van der Waals surface area contributed by atoms with Crippen molar-refractivity contribution in [3.05, 3.63) is 48.3 Å². The number of benzene rings is 1. The fourth-order valence-electron chi connectivity index (χ4n) is 1.50. The van der Waals surface area contributed by atoms with Crippen molar-refractivity contribution in [2.24, 2.45) is 0 Å². The lowest BCUT2D eigenvalue weighted by Crippen LogP contribution is -2.11. The van der Waals surface area contributed by atoms with Gasteiger partial charge in [0.05, 0.1) is 18.3 Å². The molecule has 18 heavy (non-hydrogen) atoms. The Bertz CT molecular complexity index is 491. The molecule has 0 aliphatic carbocycles. The van der Waals surface area contributed by atoms with E-state index in [9.17, 15) is 13.2 Å².